The molecule has 3 atom stereocenters. The Labute approximate surface area is 123 Å². The van der Waals surface area contributed by atoms with Gasteiger partial charge in [-0.3, -0.25) is 4.90 Å². The number of hydrogen-bond donors (Lipinski definition) is 1. The Morgan fingerprint density at radius 1 is 1.15 bits per heavy atom. The molecular weight excluding hydrogens is 244 g/mol. The predicted octanol–water partition coefficient (Wildman–Crippen LogP) is 3.31. The van der Waals surface area contributed by atoms with Gasteiger partial charge in [-0.25, -0.2) is 0 Å². The van der Waals surface area contributed by atoms with Crippen molar-refractivity contribution in [2.45, 2.75) is 63.5 Å². The normalized spacial score (nSPS) is 31.0. The van der Waals surface area contributed by atoms with Crippen molar-refractivity contribution in [1.29, 1.82) is 0 Å². The van der Waals surface area contributed by atoms with Gasteiger partial charge >= 0.3 is 0 Å². The molecule has 0 spiro atoms. The van der Waals surface area contributed by atoms with Gasteiger partial charge in [0.1, 0.15) is 0 Å². The van der Waals surface area contributed by atoms with Crippen LogP contribution in [-0.2, 0) is 6.42 Å². The standard InChI is InChI=1S/C18H28N2/c1-14-6-4-10-17(12-19)20(14)13-16-9-5-8-15-7-2-3-11-18(15)16/h2-3,7,11,14,16-17H,4-6,8-10,12-13,19H2,1H3. The van der Waals surface area contributed by atoms with Gasteiger partial charge in [0, 0.05) is 25.2 Å². The Morgan fingerprint density at radius 2 is 2.00 bits per heavy atom. The second-order valence-corrected chi connectivity index (χ2v) is 6.65. The van der Waals surface area contributed by atoms with E-state index in [1.165, 1.54) is 45.1 Å². The topological polar surface area (TPSA) is 29.3 Å². The average molecular weight is 272 g/mol. The molecule has 1 aromatic rings. The van der Waals surface area contributed by atoms with Gasteiger partial charge in [0.2, 0.25) is 0 Å². The van der Waals surface area contributed by atoms with E-state index in [4.69, 9.17) is 5.73 Å². The first kappa shape index (κ1) is 14.1. The Bertz CT molecular complexity index is 443. The summed E-state index contributed by atoms with van der Waals surface area (Å²) in [4.78, 5) is 2.70. The number of piperidine rings is 1. The van der Waals surface area contributed by atoms with E-state index in [0.29, 0.717) is 12.1 Å². The molecular formula is C18H28N2. The third-order valence-corrected chi connectivity index (χ3v) is 5.39. The van der Waals surface area contributed by atoms with Crippen molar-refractivity contribution in [2.24, 2.45) is 5.73 Å². The summed E-state index contributed by atoms with van der Waals surface area (Å²) in [6.07, 6.45) is 7.93. The smallest absolute Gasteiger partial charge is 0.0221 e. The molecule has 0 bridgehead atoms. The SMILES string of the molecule is CC1CCCC(CN)N1CC1CCCc2ccccc21. The lowest BCUT2D eigenvalue weighted by atomic mass is 9.81. The van der Waals surface area contributed by atoms with Crippen molar-refractivity contribution in [3.63, 3.8) is 0 Å². The first-order valence-corrected chi connectivity index (χ1v) is 8.33. The second-order valence-electron chi connectivity index (χ2n) is 6.65. The molecule has 0 radical (unpaired) electrons. The second kappa shape index (κ2) is 6.28. The maximum absolute atomic E-state index is 6.01. The van der Waals surface area contributed by atoms with Crippen molar-refractivity contribution < 1.29 is 0 Å². The predicted molar refractivity (Wildman–Crippen MR) is 85.0 cm³/mol. The third kappa shape index (κ3) is 2.77. The Balaban J connectivity index is 1.77. The van der Waals surface area contributed by atoms with E-state index in [1.54, 1.807) is 11.1 Å². The van der Waals surface area contributed by atoms with Crippen LogP contribution in [0.4, 0.5) is 0 Å². The number of fused-ring (bicyclic) bond motifs is 1. The zero-order valence-corrected chi connectivity index (χ0v) is 12.7. The summed E-state index contributed by atoms with van der Waals surface area (Å²) in [5, 5.41) is 0. The van der Waals surface area contributed by atoms with E-state index >= 15 is 0 Å². The van der Waals surface area contributed by atoms with Gasteiger partial charge in [-0.1, -0.05) is 30.7 Å². The highest BCUT2D eigenvalue weighted by Crippen LogP contribution is 2.34. The highest BCUT2D eigenvalue weighted by atomic mass is 15.2. The van der Waals surface area contributed by atoms with Crippen molar-refractivity contribution >= 4 is 0 Å². The molecule has 0 amide bonds. The van der Waals surface area contributed by atoms with Crippen LogP contribution in [0.3, 0.4) is 0 Å². The Hall–Kier alpha value is -0.860. The Kier molecular flexibility index (Phi) is 4.42. The fraction of sp³-hybridized carbons (Fsp3) is 0.667. The number of hydrogen-bond acceptors (Lipinski definition) is 2. The summed E-state index contributed by atoms with van der Waals surface area (Å²) in [6.45, 7) is 4.41. The molecule has 2 heteroatoms. The van der Waals surface area contributed by atoms with Crippen molar-refractivity contribution in [3.8, 4) is 0 Å². The quantitative estimate of drug-likeness (QED) is 0.914. The summed E-state index contributed by atoms with van der Waals surface area (Å²) in [5.41, 5.74) is 9.20. The molecule has 1 aromatic carbocycles. The molecule has 2 N–H and O–H groups in total. The zero-order valence-electron chi connectivity index (χ0n) is 12.7. The van der Waals surface area contributed by atoms with Crippen LogP contribution in [0.25, 0.3) is 0 Å². The largest absolute Gasteiger partial charge is 0.329 e. The highest BCUT2D eigenvalue weighted by molar-refractivity contribution is 5.32. The first-order valence-electron chi connectivity index (χ1n) is 8.33. The molecule has 1 fully saturated rings. The van der Waals surface area contributed by atoms with Gasteiger partial charge in [-0.15, -0.1) is 0 Å². The molecule has 20 heavy (non-hydrogen) atoms. The van der Waals surface area contributed by atoms with Crippen LogP contribution >= 0.6 is 0 Å². The molecule has 2 aliphatic rings. The number of nitrogens with two attached hydrogens (primary N) is 1. The molecule has 1 saturated heterocycles. The maximum atomic E-state index is 6.01. The summed E-state index contributed by atoms with van der Waals surface area (Å²) < 4.78 is 0. The molecule has 1 heterocycles. The van der Waals surface area contributed by atoms with Crippen molar-refractivity contribution in [3.05, 3.63) is 35.4 Å². The van der Waals surface area contributed by atoms with Gasteiger partial charge in [0.25, 0.3) is 0 Å². The minimum atomic E-state index is 0.604. The third-order valence-electron chi connectivity index (χ3n) is 5.39. The van der Waals surface area contributed by atoms with Crippen LogP contribution in [0.1, 0.15) is 56.1 Å². The summed E-state index contributed by atoms with van der Waals surface area (Å²) in [6, 6.07) is 10.4. The molecule has 0 aromatic heterocycles. The summed E-state index contributed by atoms with van der Waals surface area (Å²) >= 11 is 0. The van der Waals surface area contributed by atoms with Crippen LogP contribution in [-0.4, -0.2) is 30.1 Å². The number of benzene rings is 1. The van der Waals surface area contributed by atoms with E-state index < -0.39 is 0 Å². The van der Waals surface area contributed by atoms with E-state index in [1.807, 2.05) is 0 Å². The lowest BCUT2D eigenvalue weighted by Gasteiger charge is -2.43. The van der Waals surface area contributed by atoms with Gasteiger partial charge in [0.05, 0.1) is 0 Å². The molecule has 1 aliphatic heterocycles. The van der Waals surface area contributed by atoms with Crippen LogP contribution in [0, 0.1) is 0 Å². The van der Waals surface area contributed by atoms with Crippen LogP contribution in [0.2, 0.25) is 0 Å². The molecule has 3 rings (SSSR count). The van der Waals surface area contributed by atoms with Crippen molar-refractivity contribution in [2.75, 3.05) is 13.1 Å². The highest BCUT2D eigenvalue weighted by Gasteiger charge is 2.30. The minimum absolute atomic E-state index is 0.604. The molecule has 3 unspecified atom stereocenters. The first-order chi connectivity index (χ1) is 9.79. The van der Waals surface area contributed by atoms with Crippen LogP contribution < -0.4 is 5.73 Å². The molecule has 110 valence electrons. The lowest BCUT2D eigenvalue weighted by molar-refractivity contribution is 0.0873. The Morgan fingerprint density at radius 3 is 2.85 bits per heavy atom. The van der Waals surface area contributed by atoms with E-state index in [-0.39, 0.29) is 0 Å². The lowest BCUT2D eigenvalue weighted by Crippen LogP contribution is -2.50. The molecule has 2 nitrogen and oxygen atoms in total. The zero-order chi connectivity index (χ0) is 13.9. The summed E-state index contributed by atoms with van der Waals surface area (Å²) in [7, 11) is 0. The van der Waals surface area contributed by atoms with Gasteiger partial charge in [0.15, 0.2) is 0 Å². The van der Waals surface area contributed by atoms with Gasteiger partial charge < -0.3 is 5.73 Å². The van der Waals surface area contributed by atoms with Crippen LogP contribution in [0.5, 0.6) is 0 Å². The van der Waals surface area contributed by atoms with Gasteiger partial charge in [-0.05, 0) is 56.1 Å². The van der Waals surface area contributed by atoms with Crippen molar-refractivity contribution in [1.82, 2.24) is 4.90 Å². The molecule has 0 saturated carbocycles. The minimum Gasteiger partial charge on any atom is -0.329 e. The van der Waals surface area contributed by atoms with Crippen LogP contribution in [0.15, 0.2) is 24.3 Å². The number of likely N-dealkylation sites (tertiary alicyclic amines) is 1. The monoisotopic (exact) mass is 272 g/mol. The van der Waals surface area contributed by atoms with E-state index in [2.05, 4.69) is 36.1 Å². The summed E-state index contributed by atoms with van der Waals surface area (Å²) in [5.74, 6) is 0.717. The van der Waals surface area contributed by atoms with Gasteiger partial charge in [-0.2, -0.15) is 0 Å². The average Bonchev–Trinajstić information content (AvgIpc) is 2.49. The number of rotatable bonds is 3. The fourth-order valence-corrected chi connectivity index (χ4v) is 4.22. The number of nitrogens with zero attached hydrogens (tertiary/aromatic N) is 1. The van der Waals surface area contributed by atoms with E-state index in [0.717, 1.165) is 12.5 Å². The van der Waals surface area contributed by atoms with E-state index in [9.17, 15) is 0 Å². The molecule has 1 aliphatic carbocycles. The maximum Gasteiger partial charge on any atom is 0.0221 e. The fourth-order valence-electron chi connectivity index (χ4n) is 4.22. The number of aryl methyl sites for hydroxylation is 1.